The topological polar surface area (TPSA) is 97.9 Å². The van der Waals surface area contributed by atoms with Crippen molar-refractivity contribution in [1.82, 2.24) is 9.55 Å². The van der Waals surface area contributed by atoms with Crippen molar-refractivity contribution in [2.75, 3.05) is 28.4 Å². The number of methoxy groups -OCH3 is 4. The number of nitro benzene ring substituents is 1. The normalized spacial score (nSPS) is 10.6. The summed E-state index contributed by atoms with van der Waals surface area (Å²) in [6, 6.07) is 6.86. The molecule has 0 saturated carbocycles. The Bertz CT molecular complexity index is 1090. The highest BCUT2D eigenvalue weighted by molar-refractivity contribution is 9.10. The van der Waals surface area contributed by atoms with Gasteiger partial charge in [0.2, 0.25) is 11.5 Å². The Morgan fingerprint density at radius 3 is 2.10 bits per heavy atom. The van der Waals surface area contributed by atoms with Gasteiger partial charge in [0.15, 0.2) is 0 Å². The van der Waals surface area contributed by atoms with Crippen molar-refractivity contribution in [2.45, 2.75) is 0 Å². The minimum Gasteiger partial charge on any atom is -0.495 e. The minimum atomic E-state index is -0.525. The van der Waals surface area contributed by atoms with Crippen LogP contribution < -0.4 is 18.9 Å². The largest absolute Gasteiger partial charge is 0.495 e. The van der Waals surface area contributed by atoms with Gasteiger partial charge >= 0.3 is 5.69 Å². The maximum atomic E-state index is 11.7. The molecule has 3 aromatic rings. The van der Waals surface area contributed by atoms with Crippen molar-refractivity contribution in [3.8, 4) is 45.5 Å². The van der Waals surface area contributed by atoms with E-state index in [1.807, 2.05) is 12.1 Å². The summed E-state index contributed by atoms with van der Waals surface area (Å²) in [6.45, 7) is 0. The first-order valence-electron chi connectivity index (χ1n) is 8.70. The third-order valence-electron chi connectivity index (χ3n) is 4.61. The third kappa shape index (κ3) is 3.54. The van der Waals surface area contributed by atoms with Gasteiger partial charge in [0.25, 0.3) is 0 Å². The summed E-state index contributed by atoms with van der Waals surface area (Å²) < 4.78 is 23.9. The number of aromatic nitrogens is 2. The first-order chi connectivity index (χ1) is 14.4. The quantitative estimate of drug-likeness (QED) is 0.365. The summed E-state index contributed by atoms with van der Waals surface area (Å²) >= 11 is 3.46. The molecule has 0 amide bonds. The molecule has 30 heavy (non-hydrogen) atoms. The van der Waals surface area contributed by atoms with Crippen LogP contribution in [0.3, 0.4) is 0 Å². The number of hydrogen-bond donors (Lipinski definition) is 0. The fraction of sp³-hybridized carbons (Fsp3) is 0.250. The second-order valence-corrected chi connectivity index (χ2v) is 6.99. The van der Waals surface area contributed by atoms with Gasteiger partial charge in [0, 0.05) is 12.6 Å². The zero-order valence-corrected chi connectivity index (χ0v) is 18.6. The second kappa shape index (κ2) is 8.62. The molecule has 3 rings (SSSR count). The lowest BCUT2D eigenvalue weighted by Crippen LogP contribution is -2.01. The molecular formula is C20H20BrN3O6. The Morgan fingerprint density at radius 2 is 1.60 bits per heavy atom. The molecule has 158 valence electrons. The van der Waals surface area contributed by atoms with Gasteiger partial charge in [-0.15, -0.1) is 0 Å². The van der Waals surface area contributed by atoms with Crippen molar-refractivity contribution in [3.05, 3.63) is 45.2 Å². The summed E-state index contributed by atoms with van der Waals surface area (Å²) in [5.74, 6) is 1.32. The van der Waals surface area contributed by atoms with Gasteiger partial charge in [-0.25, -0.2) is 4.98 Å². The third-order valence-corrected chi connectivity index (χ3v) is 5.39. The van der Waals surface area contributed by atoms with Gasteiger partial charge < -0.3 is 23.5 Å². The summed E-state index contributed by atoms with van der Waals surface area (Å²) in [5, 5.41) is 11.7. The first kappa shape index (κ1) is 21.4. The van der Waals surface area contributed by atoms with Crippen LogP contribution in [0.25, 0.3) is 22.5 Å². The number of imidazole rings is 1. The summed E-state index contributed by atoms with van der Waals surface area (Å²) in [4.78, 5) is 15.7. The predicted octanol–water partition coefficient (Wildman–Crippen LogP) is 4.46. The number of nitro groups is 1. The number of nitrogens with zero attached hydrogens (tertiary/aromatic N) is 3. The number of aryl methyl sites for hydroxylation is 1. The van der Waals surface area contributed by atoms with Crippen LogP contribution in [0, 0.1) is 10.1 Å². The molecule has 0 N–H and O–H groups in total. The molecule has 0 aliphatic carbocycles. The smallest absolute Gasteiger partial charge is 0.353 e. The van der Waals surface area contributed by atoms with Gasteiger partial charge in [-0.2, -0.15) is 0 Å². The lowest BCUT2D eigenvalue weighted by atomic mass is 10.0. The van der Waals surface area contributed by atoms with Gasteiger partial charge in [-0.3, -0.25) is 10.1 Å². The summed E-state index contributed by atoms with van der Waals surface area (Å²) in [6.07, 6.45) is 1.63. The van der Waals surface area contributed by atoms with E-state index in [1.165, 1.54) is 20.3 Å². The number of rotatable bonds is 7. The minimum absolute atomic E-state index is 0.0836. The molecule has 0 aliphatic rings. The number of benzene rings is 2. The zero-order chi connectivity index (χ0) is 22.0. The van der Waals surface area contributed by atoms with E-state index in [1.54, 1.807) is 38.2 Å². The Balaban J connectivity index is 2.32. The van der Waals surface area contributed by atoms with Crippen LogP contribution in [0.4, 0.5) is 5.69 Å². The van der Waals surface area contributed by atoms with E-state index in [0.717, 1.165) is 0 Å². The standard InChI is InChI=1S/C20H20BrN3O6/c1-23-10-22-17(11-8-14(28-3)16(21)15(9-11)29-4)18(23)12-6-7-13(27-2)19(24(25)26)20(12)30-5/h6-10H,1-5H3. The highest BCUT2D eigenvalue weighted by Crippen LogP contribution is 2.47. The van der Waals surface area contributed by atoms with Gasteiger partial charge in [0.05, 0.1) is 56.6 Å². The molecule has 0 saturated heterocycles. The van der Waals surface area contributed by atoms with Crippen LogP contribution >= 0.6 is 15.9 Å². The number of hydrogen-bond acceptors (Lipinski definition) is 7. The maximum Gasteiger partial charge on any atom is 0.353 e. The predicted molar refractivity (Wildman–Crippen MR) is 115 cm³/mol. The molecule has 0 unspecified atom stereocenters. The Kier molecular flexibility index (Phi) is 6.16. The van der Waals surface area contributed by atoms with E-state index in [0.29, 0.717) is 38.5 Å². The fourth-order valence-corrected chi connectivity index (χ4v) is 3.80. The van der Waals surface area contributed by atoms with E-state index in [4.69, 9.17) is 18.9 Å². The van der Waals surface area contributed by atoms with E-state index in [2.05, 4.69) is 20.9 Å². The molecule has 0 radical (unpaired) electrons. The lowest BCUT2D eigenvalue weighted by molar-refractivity contribution is -0.386. The van der Waals surface area contributed by atoms with Crippen molar-refractivity contribution in [1.29, 1.82) is 0 Å². The first-order valence-corrected chi connectivity index (χ1v) is 9.50. The molecule has 2 aromatic carbocycles. The average molecular weight is 478 g/mol. The van der Waals surface area contributed by atoms with Gasteiger partial charge in [-0.05, 0) is 40.2 Å². The Hall–Kier alpha value is -3.27. The molecule has 0 fully saturated rings. The van der Waals surface area contributed by atoms with E-state index in [-0.39, 0.29) is 17.2 Å². The Labute approximate surface area is 181 Å². The monoisotopic (exact) mass is 477 g/mol. The van der Waals surface area contributed by atoms with Crippen LogP contribution in [0.2, 0.25) is 0 Å². The van der Waals surface area contributed by atoms with Crippen LogP contribution in [-0.2, 0) is 7.05 Å². The van der Waals surface area contributed by atoms with E-state index in [9.17, 15) is 10.1 Å². The number of halogens is 1. The maximum absolute atomic E-state index is 11.7. The lowest BCUT2D eigenvalue weighted by Gasteiger charge is -2.15. The molecule has 0 bridgehead atoms. The Morgan fingerprint density at radius 1 is 1.00 bits per heavy atom. The molecule has 1 heterocycles. The van der Waals surface area contributed by atoms with Crippen LogP contribution in [0.15, 0.2) is 35.1 Å². The van der Waals surface area contributed by atoms with Crippen molar-refractivity contribution in [3.63, 3.8) is 0 Å². The van der Waals surface area contributed by atoms with Crippen molar-refractivity contribution >= 4 is 21.6 Å². The van der Waals surface area contributed by atoms with Crippen LogP contribution in [-0.4, -0.2) is 42.9 Å². The van der Waals surface area contributed by atoms with E-state index >= 15 is 0 Å². The van der Waals surface area contributed by atoms with Crippen molar-refractivity contribution in [2.24, 2.45) is 7.05 Å². The molecule has 0 atom stereocenters. The summed E-state index contributed by atoms with van der Waals surface area (Å²) in [5.41, 5.74) is 2.17. The van der Waals surface area contributed by atoms with Crippen LogP contribution in [0.1, 0.15) is 0 Å². The van der Waals surface area contributed by atoms with E-state index < -0.39 is 4.92 Å². The van der Waals surface area contributed by atoms with Crippen molar-refractivity contribution < 1.29 is 23.9 Å². The average Bonchev–Trinajstić information content (AvgIpc) is 3.13. The highest BCUT2D eigenvalue weighted by Gasteiger charge is 2.29. The van der Waals surface area contributed by atoms with Gasteiger partial charge in [0.1, 0.15) is 16.0 Å². The second-order valence-electron chi connectivity index (χ2n) is 6.20. The van der Waals surface area contributed by atoms with Gasteiger partial charge in [-0.1, -0.05) is 0 Å². The summed E-state index contributed by atoms with van der Waals surface area (Å²) in [7, 11) is 7.66. The fourth-order valence-electron chi connectivity index (χ4n) is 3.25. The molecule has 0 aliphatic heterocycles. The molecule has 9 nitrogen and oxygen atoms in total. The molecule has 1 aromatic heterocycles. The molecular weight excluding hydrogens is 458 g/mol. The SMILES string of the molecule is COc1cc(-c2ncn(C)c2-c2ccc(OC)c([N+](=O)[O-])c2OC)cc(OC)c1Br. The molecule has 10 heteroatoms. The number of ether oxygens (including phenoxy) is 4. The zero-order valence-electron chi connectivity index (χ0n) is 17.1. The highest BCUT2D eigenvalue weighted by atomic mass is 79.9. The van der Waals surface area contributed by atoms with Crippen LogP contribution in [0.5, 0.6) is 23.0 Å². The molecule has 0 spiro atoms.